The van der Waals surface area contributed by atoms with Crippen LogP contribution >= 0.6 is 0 Å². The lowest BCUT2D eigenvalue weighted by Crippen LogP contribution is -2.46. The molecule has 1 aromatic carbocycles. The molecule has 2 rings (SSSR count). The van der Waals surface area contributed by atoms with Crippen LogP contribution in [0, 0.1) is 5.92 Å². The van der Waals surface area contributed by atoms with E-state index in [1.54, 1.807) is 0 Å². The van der Waals surface area contributed by atoms with Crippen molar-refractivity contribution in [2.75, 3.05) is 0 Å². The van der Waals surface area contributed by atoms with Gasteiger partial charge in [0.2, 0.25) is 0 Å². The molecule has 1 N–H and O–H groups in total. The number of carbonyl (C=O) groups is 2. The fourth-order valence-corrected chi connectivity index (χ4v) is 3.09. The molecule has 1 heterocycles. The van der Waals surface area contributed by atoms with Crippen LogP contribution in [-0.4, -0.2) is 29.8 Å². The number of esters is 1. The lowest BCUT2D eigenvalue weighted by Gasteiger charge is -2.26. The minimum atomic E-state index is -0.584. The van der Waals surface area contributed by atoms with Gasteiger partial charge in [0, 0.05) is 0 Å². The van der Waals surface area contributed by atoms with E-state index in [0.717, 1.165) is 5.56 Å². The average molecular weight is 373 g/mol. The summed E-state index contributed by atoms with van der Waals surface area (Å²) in [6.45, 7) is 9.50. The van der Waals surface area contributed by atoms with Crippen molar-refractivity contribution in [2.24, 2.45) is 5.92 Å². The van der Waals surface area contributed by atoms with Gasteiger partial charge in [-0.1, -0.05) is 42.0 Å². The van der Waals surface area contributed by atoms with Crippen molar-refractivity contribution in [1.82, 2.24) is 5.32 Å². The van der Waals surface area contributed by atoms with E-state index in [1.165, 1.54) is 5.57 Å². The summed E-state index contributed by atoms with van der Waals surface area (Å²) >= 11 is 0. The maximum absolute atomic E-state index is 12.3. The van der Waals surface area contributed by atoms with Crippen molar-refractivity contribution in [3.63, 3.8) is 0 Å². The minimum absolute atomic E-state index is 0.163. The Morgan fingerprint density at radius 3 is 2.56 bits per heavy atom. The van der Waals surface area contributed by atoms with Crippen LogP contribution in [0.25, 0.3) is 0 Å². The van der Waals surface area contributed by atoms with Crippen LogP contribution in [0.2, 0.25) is 0 Å². The van der Waals surface area contributed by atoms with Gasteiger partial charge in [-0.25, -0.2) is 4.79 Å². The number of allylic oxidation sites excluding steroid dienone is 2. The van der Waals surface area contributed by atoms with E-state index >= 15 is 0 Å². The topological polar surface area (TPSA) is 64.6 Å². The first kappa shape index (κ1) is 21.0. The van der Waals surface area contributed by atoms with E-state index in [0.29, 0.717) is 19.3 Å². The van der Waals surface area contributed by atoms with Gasteiger partial charge < -0.3 is 14.8 Å². The van der Waals surface area contributed by atoms with Gasteiger partial charge in [-0.15, -0.1) is 0 Å². The molecular formula is C22H31NO4. The molecule has 3 atom stereocenters. The number of hydrogen-bond acceptors (Lipinski definition) is 4. The Hall–Kier alpha value is -2.30. The summed E-state index contributed by atoms with van der Waals surface area (Å²) in [5.74, 6) is -0.356. The lowest BCUT2D eigenvalue weighted by molar-refractivity contribution is -0.145. The zero-order valence-corrected chi connectivity index (χ0v) is 17.0. The van der Waals surface area contributed by atoms with E-state index in [-0.39, 0.29) is 24.0 Å². The van der Waals surface area contributed by atoms with E-state index < -0.39 is 11.7 Å². The summed E-state index contributed by atoms with van der Waals surface area (Å²) < 4.78 is 11.0. The van der Waals surface area contributed by atoms with Crippen LogP contribution in [0.4, 0.5) is 4.79 Å². The number of benzene rings is 1. The van der Waals surface area contributed by atoms with Gasteiger partial charge in [-0.2, -0.15) is 0 Å². The number of cyclic esters (lactones) is 1. The Balaban J connectivity index is 2.10. The molecule has 5 nitrogen and oxygen atoms in total. The van der Waals surface area contributed by atoms with Crippen molar-refractivity contribution in [1.29, 1.82) is 0 Å². The van der Waals surface area contributed by atoms with Crippen LogP contribution in [0.5, 0.6) is 0 Å². The molecule has 1 fully saturated rings. The Bertz CT molecular complexity index is 671. The molecule has 1 aromatic rings. The highest BCUT2D eigenvalue weighted by molar-refractivity contribution is 5.75. The Morgan fingerprint density at radius 2 is 1.96 bits per heavy atom. The van der Waals surface area contributed by atoms with Crippen molar-refractivity contribution >= 4 is 12.1 Å². The predicted molar refractivity (Wildman–Crippen MR) is 105 cm³/mol. The first-order chi connectivity index (χ1) is 12.6. The standard InChI is InChI=1S/C22H31NO4/c1-15(2)11-12-17-14-19(26-20(17)24)18(13-16-9-7-6-8-10-16)23-21(25)27-22(3,4)5/h6-11,17-19H,12-14H2,1-5H3,(H,23,25)/t17-,18+,19+/m1/s1. The number of ether oxygens (including phenoxy) is 2. The Kier molecular flexibility index (Phi) is 7.05. The van der Waals surface area contributed by atoms with Crippen LogP contribution in [-0.2, 0) is 20.7 Å². The normalized spacial score (nSPS) is 20.6. The Morgan fingerprint density at radius 1 is 1.30 bits per heavy atom. The lowest BCUT2D eigenvalue weighted by atomic mass is 9.94. The number of amides is 1. The number of alkyl carbamates (subject to hydrolysis) is 1. The Labute approximate surface area is 162 Å². The van der Waals surface area contributed by atoms with E-state index in [4.69, 9.17) is 9.47 Å². The monoisotopic (exact) mass is 373 g/mol. The van der Waals surface area contributed by atoms with Crippen molar-refractivity contribution in [3.05, 3.63) is 47.5 Å². The third-order valence-electron chi connectivity index (χ3n) is 4.38. The second kappa shape index (κ2) is 9.07. The maximum atomic E-state index is 12.3. The second-order valence-corrected chi connectivity index (χ2v) is 8.37. The van der Waals surface area contributed by atoms with Gasteiger partial charge >= 0.3 is 12.1 Å². The zero-order chi connectivity index (χ0) is 20.0. The molecule has 0 saturated carbocycles. The van der Waals surface area contributed by atoms with E-state index in [9.17, 15) is 9.59 Å². The molecular weight excluding hydrogens is 342 g/mol. The van der Waals surface area contributed by atoms with Gasteiger partial charge in [-0.3, -0.25) is 4.79 Å². The highest BCUT2D eigenvalue weighted by Gasteiger charge is 2.39. The van der Waals surface area contributed by atoms with Crippen LogP contribution < -0.4 is 5.32 Å². The first-order valence-electron chi connectivity index (χ1n) is 9.51. The van der Waals surface area contributed by atoms with Gasteiger partial charge in [-0.05, 0) is 59.4 Å². The molecule has 0 spiro atoms. The molecule has 0 aliphatic carbocycles. The van der Waals surface area contributed by atoms with Gasteiger partial charge in [0.05, 0.1) is 12.0 Å². The van der Waals surface area contributed by atoms with Crippen molar-refractivity contribution < 1.29 is 19.1 Å². The highest BCUT2D eigenvalue weighted by atomic mass is 16.6. The summed E-state index contributed by atoms with van der Waals surface area (Å²) in [6.07, 6.45) is 3.04. The SMILES string of the molecule is CC(C)=CC[C@@H]1C[C@@H]([C@H](Cc2ccccc2)NC(=O)OC(C)(C)C)OC1=O. The average Bonchev–Trinajstić information content (AvgIpc) is 2.92. The van der Waals surface area contributed by atoms with Crippen LogP contribution in [0.1, 0.15) is 53.0 Å². The molecule has 0 aromatic heterocycles. The zero-order valence-electron chi connectivity index (χ0n) is 17.0. The fourth-order valence-electron chi connectivity index (χ4n) is 3.09. The molecule has 148 valence electrons. The third-order valence-corrected chi connectivity index (χ3v) is 4.38. The summed E-state index contributed by atoms with van der Waals surface area (Å²) in [5.41, 5.74) is 1.67. The third kappa shape index (κ3) is 7.08. The molecule has 1 amide bonds. The van der Waals surface area contributed by atoms with E-state index in [1.807, 2.05) is 65.0 Å². The summed E-state index contributed by atoms with van der Waals surface area (Å²) in [7, 11) is 0. The highest BCUT2D eigenvalue weighted by Crippen LogP contribution is 2.28. The number of nitrogens with one attached hydrogen (secondary N) is 1. The number of rotatable bonds is 6. The summed E-state index contributed by atoms with van der Waals surface area (Å²) in [5, 5.41) is 2.92. The number of carbonyl (C=O) groups excluding carboxylic acids is 2. The minimum Gasteiger partial charge on any atom is -0.460 e. The van der Waals surface area contributed by atoms with Gasteiger partial charge in [0.25, 0.3) is 0 Å². The fraction of sp³-hybridized carbons (Fsp3) is 0.545. The second-order valence-electron chi connectivity index (χ2n) is 8.37. The molecule has 0 unspecified atom stereocenters. The van der Waals surface area contributed by atoms with Crippen molar-refractivity contribution in [2.45, 2.75) is 71.6 Å². The molecule has 5 heteroatoms. The van der Waals surface area contributed by atoms with Crippen LogP contribution in [0.15, 0.2) is 42.0 Å². The quantitative estimate of drug-likeness (QED) is 0.592. The predicted octanol–water partition coefficient (Wildman–Crippen LogP) is 4.41. The maximum Gasteiger partial charge on any atom is 0.408 e. The smallest absolute Gasteiger partial charge is 0.408 e. The summed E-state index contributed by atoms with van der Waals surface area (Å²) in [6, 6.07) is 9.53. The van der Waals surface area contributed by atoms with Gasteiger partial charge in [0.1, 0.15) is 11.7 Å². The molecule has 0 radical (unpaired) electrons. The van der Waals surface area contributed by atoms with Gasteiger partial charge in [0.15, 0.2) is 0 Å². The molecule has 1 aliphatic rings. The first-order valence-corrected chi connectivity index (χ1v) is 9.51. The molecule has 0 bridgehead atoms. The molecule has 1 saturated heterocycles. The largest absolute Gasteiger partial charge is 0.460 e. The number of hydrogen-bond donors (Lipinski definition) is 1. The van der Waals surface area contributed by atoms with Crippen molar-refractivity contribution in [3.8, 4) is 0 Å². The molecule has 1 aliphatic heterocycles. The van der Waals surface area contributed by atoms with E-state index in [2.05, 4.69) is 11.4 Å². The summed E-state index contributed by atoms with van der Waals surface area (Å²) in [4.78, 5) is 24.6. The molecule has 27 heavy (non-hydrogen) atoms. The van der Waals surface area contributed by atoms with Crippen LogP contribution in [0.3, 0.4) is 0 Å².